The zero-order chi connectivity index (χ0) is 43.3. The molecule has 1 N–H and O–H groups in total. The first-order valence-electron chi connectivity index (χ1n) is 20.7. The molecule has 2 aromatic heterocycles. The summed E-state index contributed by atoms with van der Waals surface area (Å²) >= 11 is 0. The first-order chi connectivity index (χ1) is 29.9. The van der Waals surface area contributed by atoms with E-state index in [0.29, 0.717) is 38.8 Å². The lowest BCUT2D eigenvalue weighted by molar-refractivity contribution is -0.150. The average molecular weight is 849 g/mol. The molecule has 0 aliphatic carbocycles. The molecule has 0 saturated carbocycles. The molecule has 14 heteroatoms. The Hall–Kier alpha value is -6.61. The van der Waals surface area contributed by atoms with Crippen LogP contribution in [0.3, 0.4) is 0 Å². The highest BCUT2D eigenvalue weighted by atomic mass is 28.4. The van der Waals surface area contributed by atoms with Crippen LogP contribution in [0.4, 0.5) is 9.80 Å². The largest absolute Gasteiger partial charge is 0.395 e. The Morgan fingerprint density at radius 3 is 1.98 bits per heavy atom. The smallest absolute Gasteiger partial charge is 0.279 e. The van der Waals surface area contributed by atoms with Gasteiger partial charge in [0.2, 0.25) is 14.3 Å². The normalized spacial score (nSPS) is 19.7. The Labute approximate surface area is 357 Å². The van der Waals surface area contributed by atoms with Gasteiger partial charge in [-0.2, -0.15) is 19.6 Å². The second-order valence-corrected chi connectivity index (χ2v) is 20.5. The van der Waals surface area contributed by atoms with Crippen molar-refractivity contribution in [1.29, 1.82) is 0 Å². The molecular weight excluding hydrogens is 804 g/mol. The SMILES string of the molecule is C[C@H]1[C@H]([Si](C)(C)F)[C@@H](CC(=O)N(CCO)Cc2ccccc2)O[C@]12C(=O)N(Cc1ccc(-n3ncc4ccccc4c3=O)cc1)c1ccc(-n3ncc4ccccc4c3=O)cc12. The van der Waals surface area contributed by atoms with Crippen LogP contribution in [0, 0.1) is 5.92 Å². The van der Waals surface area contributed by atoms with Gasteiger partial charge in [0.15, 0.2) is 5.60 Å². The maximum atomic E-state index is 16.8. The van der Waals surface area contributed by atoms with Crippen molar-refractivity contribution >= 4 is 47.5 Å². The number of aliphatic hydroxyl groups excluding tert-OH is 1. The van der Waals surface area contributed by atoms with Gasteiger partial charge in [0.05, 0.1) is 65.9 Å². The predicted molar refractivity (Wildman–Crippen MR) is 237 cm³/mol. The van der Waals surface area contributed by atoms with E-state index in [1.54, 1.807) is 85.0 Å². The Morgan fingerprint density at radius 2 is 1.37 bits per heavy atom. The van der Waals surface area contributed by atoms with Crippen molar-refractivity contribution in [2.24, 2.45) is 5.92 Å². The van der Waals surface area contributed by atoms with Gasteiger partial charge in [-0.1, -0.05) is 85.8 Å². The summed E-state index contributed by atoms with van der Waals surface area (Å²) in [5.41, 5.74) is 0.418. The highest BCUT2D eigenvalue weighted by Crippen LogP contribution is 2.60. The van der Waals surface area contributed by atoms with Crippen LogP contribution in [0.2, 0.25) is 18.6 Å². The van der Waals surface area contributed by atoms with E-state index in [1.807, 2.05) is 73.7 Å². The van der Waals surface area contributed by atoms with Gasteiger partial charge in [-0.05, 0) is 66.7 Å². The fourth-order valence-electron chi connectivity index (χ4n) is 9.52. The molecule has 0 unspecified atom stereocenters. The number of ether oxygens (including phenoxy) is 1. The lowest BCUT2D eigenvalue weighted by atomic mass is 9.82. The van der Waals surface area contributed by atoms with Crippen LogP contribution >= 0.6 is 0 Å². The van der Waals surface area contributed by atoms with Gasteiger partial charge in [0, 0.05) is 40.9 Å². The van der Waals surface area contributed by atoms with Crippen LogP contribution in [-0.4, -0.2) is 69.0 Å². The number of benzene rings is 5. The van der Waals surface area contributed by atoms with Crippen molar-refractivity contribution in [2.45, 2.75) is 56.8 Å². The lowest BCUT2D eigenvalue weighted by Crippen LogP contribution is -2.45. The molecule has 1 fully saturated rings. The number of hydrogen-bond donors (Lipinski definition) is 1. The predicted octanol–water partition coefficient (Wildman–Crippen LogP) is 6.82. The summed E-state index contributed by atoms with van der Waals surface area (Å²) in [6, 6.07) is 36.2. The molecule has 2 amide bonds. The van der Waals surface area contributed by atoms with Crippen LogP contribution < -0.4 is 16.0 Å². The highest BCUT2D eigenvalue weighted by molar-refractivity contribution is 6.72. The number of nitrogens with zero attached hydrogens (tertiary/aromatic N) is 6. The maximum Gasteiger partial charge on any atom is 0.279 e. The van der Waals surface area contributed by atoms with Gasteiger partial charge in [-0.3, -0.25) is 19.2 Å². The topological polar surface area (TPSA) is 140 Å². The van der Waals surface area contributed by atoms with Crippen LogP contribution in [0.1, 0.15) is 30.0 Å². The molecule has 7 aromatic rings. The highest BCUT2D eigenvalue weighted by Gasteiger charge is 2.67. The Kier molecular flexibility index (Phi) is 10.5. The van der Waals surface area contributed by atoms with E-state index in [2.05, 4.69) is 10.2 Å². The second kappa shape index (κ2) is 16.0. The molecule has 1 spiro atoms. The second-order valence-electron chi connectivity index (χ2n) is 16.7. The molecule has 1 saturated heterocycles. The van der Waals surface area contributed by atoms with E-state index < -0.39 is 37.5 Å². The van der Waals surface area contributed by atoms with Crippen molar-refractivity contribution in [3.05, 3.63) is 171 Å². The average Bonchev–Trinajstić information content (AvgIpc) is 3.70. The first kappa shape index (κ1) is 40.8. The Balaban J connectivity index is 1.11. The van der Waals surface area contributed by atoms with Crippen LogP contribution in [0.15, 0.2) is 143 Å². The summed E-state index contributed by atoms with van der Waals surface area (Å²) in [6.45, 7) is 5.12. The number of carbonyl (C=O) groups excluding carboxylic acids is 2. The number of rotatable bonds is 11. The summed E-state index contributed by atoms with van der Waals surface area (Å²) in [5.74, 6) is -1.47. The fraction of sp³-hybridized carbons (Fsp3) is 0.250. The minimum Gasteiger partial charge on any atom is -0.395 e. The summed E-state index contributed by atoms with van der Waals surface area (Å²) in [7, 11) is -3.68. The number of aliphatic hydroxyl groups is 1. The molecular formula is C48H45FN6O6Si. The summed E-state index contributed by atoms with van der Waals surface area (Å²) < 4.78 is 26.4. The van der Waals surface area contributed by atoms with E-state index in [1.165, 1.54) is 14.3 Å². The molecule has 12 nitrogen and oxygen atoms in total. The first-order valence-corrected chi connectivity index (χ1v) is 23.6. The van der Waals surface area contributed by atoms with Gasteiger partial charge in [-0.15, -0.1) is 0 Å². The summed E-state index contributed by atoms with van der Waals surface area (Å²) in [4.78, 5) is 59.9. The van der Waals surface area contributed by atoms with Gasteiger partial charge in [-0.25, -0.2) is 0 Å². The zero-order valence-corrected chi connectivity index (χ0v) is 35.5. The molecule has 9 rings (SSSR count). The number of halogens is 1. The van der Waals surface area contributed by atoms with Gasteiger partial charge >= 0.3 is 0 Å². The van der Waals surface area contributed by atoms with Crippen molar-refractivity contribution in [2.75, 3.05) is 18.1 Å². The number of fused-ring (bicyclic) bond motifs is 4. The minimum absolute atomic E-state index is 0.0685. The van der Waals surface area contributed by atoms with Crippen molar-refractivity contribution in [1.82, 2.24) is 24.5 Å². The lowest BCUT2D eigenvalue weighted by Gasteiger charge is -2.31. The van der Waals surface area contributed by atoms with E-state index in [9.17, 15) is 19.5 Å². The summed E-state index contributed by atoms with van der Waals surface area (Å²) in [6.07, 6.45) is 2.07. The molecule has 0 radical (unpaired) electrons. The zero-order valence-electron chi connectivity index (χ0n) is 34.5. The van der Waals surface area contributed by atoms with Crippen LogP contribution in [-0.2, 0) is 33.0 Å². The van der Waals surface area contributed by atoms with Gasteiger partial charge in [0.1, 0.15) is 0 Å². The van der Waals surface area contributed by atoms with Crippen molar-refractivity contribution in [3.63, 3.8) is 0 Å². The van der Waals surface area contributed by atoms with Crippen molar-refractivity contribution in [3.8, 4) is 11.4 Å². The number of hydrogen-bond acceptors (Lipinski definition) is 8. The molecule has 0 bridgehead atoms. The third kappa shape index (κ3) is 7.03. The third-order valence-corrected chi connectivity index (χ3v) is 14.9. The van der Waals surface area contributed by atoms with E-state index in [-0.39, 0.29) is 49.7 Å². The van der Waals surface area contributed by atoms with Crippen molar-refractivity contribution < 1.29 is 23.5 Å². The number of carbonyl (C=O) groups is 2. The Bertz CT molecular complexity index is 2970. The minimum atomic E-state index is -3.68. The number of anilines is 1. The van der Waals surface area contributed by atoms with E-state index in [0.717, 1.165) is 16.5 Å². The molecule has 2 aliphatic heterocycles. The maximum absolute atomic E-state index is 16.8. The quantitative estimate of drug-likeness (QED) is 0.111. The van der Waals surface area contributed by atoms with Crippen LogP contribution in [0.5, 0.6) is 0 Å². The van der Waals surface area contributed by atoms with Gasteiger partial charge < -0.3 is 23.8 Å². The molecule has 5 aromatic carbocycles. The molecule has 62 heavy (non-hydrogen) atoms. The Morgan fingerprint density at radius 1 is 0.790 bits per heavy atom. The van der Waals surface area contributed by atoms with Crippen LogP contribution in [0.25, 0.3) is 32.9 Å². The number of aromatic nitrogens is 4. The standard InChI is InChI=1S/C48H45FN6O6Si/c1-31-44(62(2,3)49)42(26-43(57)52(23-24-56)29-32-11-5-4-6-12-32)61-48(31)40-25-37(55-46(59)39-16-10-8-14-35(39)28-51-55)21-22-41(40)53(47(48)60)30-33-17-19-36(20-18-33)54-45(58)38-15-9-7-13-34(38)27-50-54/h4-22,25,27-28,31,42,44,56H,23-24,26,29-30H2,1-3H3/t31-,42+,44-,48+/m0/s1. The molecule has 4 atom stereocenters. The monoisotopic (exact) mass is 848 g/mol. The third-order valence-electron chi connectivity index (χ3n) is 12.4. The summed E-state index contributed by atoms with van der Waals surface area (Å²) in [5, 5.41) is 21.3. The molecule has 2 aliphatic rings. The molecule has 4 heterocycles. The van der Waals surface area contributed by atoms with E-state index in [4.69, 9.17) is 4.74 Å². The molecule has 314 valence electrons. The van der Waals surface area contributed by atoms with Gasteiger partial charge in [0.25, 0.3) is 17.0 Å². The fourth-order valence-corrected chi connectivity index (χ4v) is 12.0. The number of amides is 2. The van der Waals surface area contributed by atoms with E-state index >= 15 is 8.90 Å².